The van der Waals surface area contributed by atoms with E-state index in [0.29, 0.717) is 24.7 Å². The monoisotopic (exact) mass is 483 g/mol. The summed E-state index contributed by atoms with van der Waals surface area (Å²) in [7, 11) is 0. The number of unbranched alkanes of at least 4 members (excludes halogenated alkanes) is 1. The molecule has 0 aromatic heterocycles. The lowest BCUT2D eigenvalue weighted by atomic mass is 10.1. The molecule has 1 amide bonds. The number of ether oxygens (including phenoxy) is 2. The van der Waals surface area contributed by atoms with Crippen molar-refractivity contribution in [3.05, 3.63) is 59.7 Å². The van der Waals surface area contributed by atoms with E-state index in [4.69, 9.17) is 9.47 Å². The molecule has 1 atom stereocenters. The highest BCUT2D eigenvalue weighted by Gasteiger charge is 2.24. The molecule has 0 spiro atoms. The zero-order valence-electron chi connectivity index (χ0n) is 19.9. The summed E-state index contributed by atoms with van der Waals surface area (Å²) in [6.45, 7) is 3.33. The summed E-state index contributed by atoms with van der Waals surface area (Å²) in [5.74, 6) is 0.356. The number of carbonyl (C=O) groups excluding carboxylic acids is 2. The van der Waals surface area contributed by atoms with Gasteiger partial charge in [0, 0.05) is 25.1 Å². The second-order valence-electron chi connectivity index (χ2n) is 7.98. The molecule has 0 unspecified atom stereocenters. The molecule has 0 radical (unpaired) electrons. The lowest BCUT2D eigenvalue weighted by Crippen LogP contribution is -2.44. The van der Waals surface area contributed by atoms with E-state index >= 15 is 0 Å². The van der Waals surface area contributed by atoms with Gasteiger partial charge in [0.15, 0.2) is 0 Å². The molecule has 10 nitrogen and oxygen atoms in total. The number of benzene rings is 2. The van der Waals surface area contributed by atoms with Crippen molar-refractivity contribution in [3.8, 4) is 5.75 Å². The molecule has 3 rings (SSSR count). The van der Waals surface area contributed by atoms with E-state index in [0.717, 1.165) is 36.2 Å². The van der Waals surface area contributed by atoms with Gasteiger partial charge < -0.3 is 25.2 Å². The zero-order chi connectivity index (χ0) is 24.9. The van der Waals surface area contributed by atoms with Gasteiger partial charge >= 0.3 is 12.1 Å². The highest BCUT2D eigenvalue weighted by Crippen LogP contribution is 2.28. The van der Waals surface area contributed by atoms with E-state index in [2.05, 4.69) is 33.4 Å². The van der Waals surface area contributed by atoms with Gasteiger partial charge in [0.25, 0.3) is 0 Å². The molecular weight excluding hydrogens is 450 g/mol. The van der Waals surface area contributed by atoms with Crippen LogP contribution in [0.2, 0.25) is 0 Å². The number of aliphatic hydroxyl groups excluding tert-OH is 1. The number of hydrazine groups is 1. The lowest BCUT2D eigenvalue weighted by molar-refractivity contribution is -0.137. The molecule has 10 heteroatoms. The normalized spacial score (nSPS) is 13.3. The molecule has 1 aliphatic heterocycles. The van der Waals surface area contributed by atoms with Crippen LogP contribution in [0.5, 0.6) is 5.75 Å². The molecule has 0 fully saturated rings. The Bertz CT molecular complexity index is 999. The Morgan fingerprint density at radius 3 is 2.69 bits per heavy atom. The number of nitrogens with zero attached hydrogens (tertiary/aromatic N) is 1. The summed E-state index contributed by atoms with van der Waals surface area (Å²) in [4.78, 5) is 29.5. The number of aliphatic hydroxyl groups is 1. The molecule has 2 aromatic carbocycles. The van der Waals surface area contributed by atoms with E-state index in [9.17, 15) is 14.7 Å². The first-order chi connectivity index (χ1) is 17.1. The number of aliphatic imine (C=N–C) groups is 1. The molecule has 35 heavy (non-hydrogen) atoms. The number of carbonyl (C=O) groups is 2. The van der Waals surface area contributed by atoms with Crippen LogP contribution in [0.15, 0.2) is 53.5 Å². The molecule has 0 saturated heterocycles. The number of anilines is 1. The van der Waals surface area contributed by atoms with E-state index < -0.39 is 18.1 Å². The third-order valence-corrected chi connectivity index (χ3v) is 5.32. The van der Waals surface area contributed by atoms with E-state index in [1.54, 1.807) is 12.1 Å². The standard InChI is InChI=1S/C25H33N5O5/c1-2-3-10-19-20(29-30-24-26-14-15-27-24)11-7-12-22(19)35-23(32)21(13-16-31)28-25(33)34-17-18-8-5-4-6-9-18/h4-9,11-12,21,29,31H,2-3,10,13-17H2,1H3,(H,28,33)(H2,26,27,30)/t21-/m0/s1. The maximum absolute atomic E-state index is 12.9. The fraction of sp³-hybridized carbons (Fsp3) is 0.400. The summed E-state index contributed by atoms with van der Waals surface area (Å²) < 4.78 is 10.9. The molecule has 2 aromatic rings. The van der Waals surface area contributed by atoms with E-state index in [1.807, 2.05) is 36.4 Å². The molecular formula is C25H33N5O5. The van der Waals surface area contributed by atoms with Crippen LogP contribution in [0.3, 0.4) is 0 Å². The van der Waals surface area contributed by atoms with Crippen molar-refractivity contribution >= 4 is 23.7 Å². The first kappa shape index (κ1) is 25.8. The second kappa shape index (κ2) is 13.8. The minimum Gasteiger partial charge on any atom is -0.445 e. The summed E-state index contributed by atoms with van der Waals surface area (Å²) in [5, 5.41) is 15.0. The Labute approximate surface area is 205 Å². The van der Waals surface area contributed by atoms with Crippen molar-refractivity contribution < 1.29 is 24.2 Å². The molecule has 5 N–H and O–H groups in total. The van der Waals surface area contributed by atoms with Crippen LogP contribution in [-0.4, -0.2) is 48.9 Å². The van der Waals surface area contributed by atoms with Crippen LogP contribution >= 0.6 is 0 Å². The number of amides is 1. The smallest absolute Gasteiger partial charge is 0.408 e. The van der Waals surface area contributed by atoms with Gasteiger partial charge in [-0.3, -0.25) is 15.8 Å². The predicted molar refractivity (Wildman–Crippen MR) is 133 cm³/mol. The fourth-order valence-corrected chi connectivity index (χ4v) is 3.46. The third kappa shape index (κ3) is 8.18. The van der Waals surface area contributed by atoms with Crippen LogP contribution in [0, 0.1) is 0 Å². The molecule has 0 aliphatic carbocycles. The van der Waals surface area contributed by atoms with Gasteiger partial charge in [0.05, 0.1) is 12.2 Å². The highest BCUT2D eigenvalue weighted by molar-refractivity contribution is 5.84. The van der Waals surface area contributed by atoms with Crippen molar-refractivity contribution in [2.75, 3.05) is 25.1 Å². The first-order valence-electron chi connectivity index (χ1n) is 11.8. The first-order valence-corrected chi connectivity index (χ1v) is 11.8. The number of guanidine groups is 1. The SMILES string of the molecule is CCCCc1c(NNC2=NCCN2)cccc1OC(=O)[C@H](CCO)NC(=O)OCc1ccccc1. The summed E-state index contributed by atoms with van der Waals surface area (Å²) in [6.07, 6.45) is 1.77. The Morgan fingerprint density at radius 1 is 1.14 bits per heavy atom. The Morgan fingerprint density at radius 2 is 1.97 bits per heavy atom. The number of rotatable bonds is 12. The minimum absolute atomic E-state index is 0.00540. The summed E-state index contributed by atoms with van der Waals surface area (Å²) >= 11 is 0. The number of hydrogen-bond acceptors (Lipinski definition) is 9. The van der Waals surface area contributed by atoms with Gasteiger partial charge in [-0.2, -0.15) is 0 Å². The van der Waals surface area contributed by atoms with Crippen LogP contribution in [0.1, 0.15) is 37.3 Å². The van der Waals surface area contributed by atoms with Gasteiger partial charge in [-0.05, 0) is 30.5 Å². The maximum atomic E-state index is 12.9. The molecule has 1 heterocycles. The molecule has 0 saturated carbocycles. The van der Waals surface area contributed by atoms with Crippen molar-refractivity contribution in [1.29, 1.82) is 0 Å². The number of hydrogen-bond donors (Lipinski definition) is 5. The number of nitrogens with one attached hydrogen (secondary N) is 4. The van der Waals surface area contributed by atoms with Crippen LogP contribution < -0.4 is 26.2 Å². The maximum Gasteiger partial charge on any atom is 0.408 e. The molecule has 1 aliphatic rings. The largest absolute Gasteiger partial charge is 0.445 e. The van der Waals surface area contributed by atoms with Crippen LogP contribution in [0.4, 0.5) is 10.5 Å². The Balaban J connectivity index is 1.66. The zero-order valence-corrected chi connectivity index (χ0v) is 19.9. The third-order valence-electron chi connectivity index (χ3n) is 5.32. The van der Waals surface area contributed by atoms with Crippen LogP contribution in [0.25, 0.3) is 0 Å². The lowest BCUT2D eigenvalue weighted by Gasteiger charge is -2.20. The fourth-order valence-electron chi connectivity index (χ4n) is 3.46. The average Bonchev–Trinajstić information content (AvgIpc) is 3.40. The van der Waals surface area contributed by atoms with Gasteiger partial charge in [0.1, 0.15) is 18.4 Å². The van der Waals surface area contributed by atoms with Gasteiger partial charge in [-0.25, -0.2) is 9.59 Å². The summed E-state index contributed by atoms with van der Waals surface area (Å²) in [5.41, 5.74) is 8.57. The topological polar surface area (TPSA) is 133 Å². The number of alkyl carbamates (subject to hydrolysis) is 1. The summed E-state index contributed by atoms with van der Waals surface area (Å²) in [6, 6.07) is 13.5. The van der Waals surface area contributed by atoms with E-state index in [-0.39, 0.29) is 19.6 Å². The van der Waals surface area contributed by atoms with Crippen molar-refractivity contribution in [3.63, 3.8) is 0 Å². The van der Waals surface area contributed by atoms with Crippen molar-refractivity contribution in [1.82, 2.24) is 16.1 Å². The minimum atomic E-state index is -1.06. The quantitative estimate of drug-likeness (QED) is 0.177. The second-order valence-corrected chi connectivity index (χ2v) is 7.98. The average molecular weight is 484 g/mol. The highest BCUT2D eigenvalue weighted by atomic mass is 16.6. The van der Waals surface area contributed by atoms with Crippen molar-refractivity contribution in [2.45, 2.75) is 45.3 Å². The Hall–Kier alpha value is -3.79. The number of esters is 1. The van der Waals surface area contributed by atoms with E-state index in [1.165, 1.54) is 0 Å². The van der Waals surface area contributed by atoms with Gasteiger partial charge in [-0.15, -0.1) is 0 Å². The molecule has 0 bridgehead atoms. The Kier molecular flexibility index (Phi) is 10.2. The predicted octanol–water partition coefficient (Wildman–Crippen LogP) is 2.49. The van der Waals surface area contributed by atoms with Gasteiger partial charge in [-0.1, -0.05) is 49.7 Å². The van der Waals surface area contributed by atoms with Gasteiger partial charge in [0.2, 0.25) is 5.96 Å². The van der Waals surface area contributed by atoms with Crippen molar-refractivity contribution in [2.24, 2.45) is 4.99 Å². The van der Waals surface area contributed by atoms with Crippen LogP contribution in [-0.2, 0) is 22.6 Å². The molecule has 188 valence electrons.